The summed E-state index contributed by atoms with van der Waals surface area (Å²) in [7, 11) is -5.52. The van der Waals surface area contributed by atoms with Crippen LogP contribution < -0.4 is 5.76 Å². The lowest BCUT2D eigenvalue weighted by Crippen LogP contribution is -2.42. The largest absolute Gasteiger partial charge is 0.419 e. The Morgan fingerprint density at radius 1 is 1.20 bits per heavy atom. The van der Waals surface area contributed by atoms with E-state index in [9.17, 15) is 21.6 Å². The summed E-state index contributed by atoms with van der Waals surface area (Å²) in [6, 6.07) is 3.63. The van der Waals surface area contributed by atoms with Crippen molar-refractivity contribution in [2.75, 3.05) is 11.5 Å². The second-order valence-electron chi connectivity index (χ2n) is 6.68. The number of hydrogen-bond acceptors (Lipinski definition) is 6. The highest BCUT2D eigenvalue weighted by Crippen LogP contribution is 2.37. The molecule has 2 aliphatic rings. The summed E-state index contributed by atoms with van der Waals surface area (Å²) in [6.07, 6.45) is 1.79. The van der Waals surface area contributed by atoms with Gasteiger partial charge in [-0.25, -0.2) is 21.6 Å². The maximum atomic E-state index is 13.2. The summed E-state index contributed by atoms with van der Waals surface area (Å²) in [6.45, 7) is 0. The van der Waals surface area contributed by atoms with E-state index in [-0.39, 0.29) is 28.0 Å². The maximum absolute atomic E-state index is 13.2. The van der Waals surface area contributed by atoms with Gasteiger partial charge in [0.05, 0.1) is 21.9 Å². The van der Waals surface area contributed by atoms with Crippen LogP contribution in [0, 0.1) is 0 Å². The average molecular weight is 386 g/mol. The molecule has 1 aromatic carbocycles. The van der Waals surface area contributed by atoms with Crippen LogP contribution in [0.1, 0.15) is 19.3 Å². The maximum Gasteiger partial charge on any atom is 0.419 e. The summed E-state index contributed by atoms with van der Waals surface area (Å²) in [5, 5.41) is 0. The topological polar surface area (TPSA) is 107 Å². The van der Waals surface area contributed by atoms with E-state index >= 15 is 0 Å². The molecule has 1 aliphatic carbocycles. The van der Waals surface area contributed by atoms with Crippen LogP contribution in [0.4, 0.5) is 0 Å². The first kappa shape index (κ1) is 16.8. The molecule has 2 heterocycles. The van der Waals surface area contributed by atoms with Gasteiger partial charge in [-0.2, -0.15) is 4.31 Å². The highest BCUT2D eigenvalue weighted by molar-refractivity contribution is 7.92. The number of nitrogens with zero attached hydrogens (tertiary/aromatic N) is 2. The molecule has 0 unspecified atom stereocenters. The first-order chi connectivity index (χ1) is 11.7. The second kappa shape index (κ2) is 5.42. The summed E-state index contributed by atoms with van der Waals surface area (Å²) < 4.78 is 57.6. The third-order valence-electron chi connectivity index (χ3n) is 4.81. The lowest BCUT2D eigenvalue weighted by Gasteiger charge is -2.27. The lowest BCUT2D eigenvalue weighted by atomic mass is 10.2. The molecule has 8 nitrogen and oxygen atoms in total. The summed E-state index contributed by atoms with van der Waals surface area (Å²) in [5.41, 5.74) is 0.703. The van der Waals surface area contributed by atoms with Crippen LogP contribution in [0.3, 0.4) is 0 Å². The molecular formula is C15H18N2O6S2. The minimum Gasteiger partial charge on any atom is -0.408 e. The monoisotopic (exact) mass is 386 g/mol. The van der Waals surface area contributed by atoms with Gasteiger partial charge in [0.2, 0.25) is 10.0 Å². The molecule has 0 amide bonds. The van der Waals surface area contributed by atoms with Gasteiger partial charge in [0.15, 0.2) is 15.4 Å². The van der Waals surface area contributed by atoms with Crippen molar-refractivity contribution >= 4 is 31.0 Å². The number of aryl methyl sites for hydroxylation is 1. The Kier molecular flexibility index (Phi) is 3.64. The zero-order valence-electron chi connectivity index (χ0n) is 13.6. The van der Waals surface area contributed by atoms with Crippen LogP contribution in [0.2, 0.25) is 0 Å². The third kappa shape index (κ3) is 2.81. The number of benzene rings is 1. The molecule has 25 heavy (non-hydrogen) atoms. The number of sulfonamides is 1. The molecule has 1 aliphatic heterocycles. The quantitative estimate of drug-likeness (QED) is 0.756. The van der Waals surface area contributed by atoms with Crippen molar-refractivity contribution < 1.29 is 21.3 Å². The van der Waals surface area contributed by atoms with Crippen LogP contribution in [-0.4, -0.2) is 49.3 Å². The fourth-order valence-electron chi connectivity index (χ4n) is 3.39. The average Bonchev–Trinajstić information content (AvgIpc) is 3.23. The van der Waals surface area contributed by atoms with E-state index < -0.39 is 31.7 Å². The highest BCUT2D eigenvalue weighted by Gasteiger charge is 2.46. The number of hydrogen-bond donors (Lipinski definition) is 0. The fourth-order valence-corrected chi connectivity index (χ4v) is 7.11. The van der Waals surface area contributed by atoms with E-state index in [1.165, 1.54) is 27.1 Å². The molecule has 10 heteroatoms. The Morgan fingerprint density at radius 3 is 2.52 bits per heavy atom. The third-order valence-corrected chi connectivity index (χ3v) is 8.57. The van der Waals surface area contributed by atoms with E-state index in [0.717, 1.165) is 12.8 Å². The van der Waals surface area contributed by atoms with Crippen LogP contribution in [0.15, 0.2) is 32.3 Å². The summed E-state index contributed by atoms with van der Waals surface area (Å²) in [4.78, 5) is 11.6. The van der Waals surface area contributed by atoms with E-state index in [1.807, 2.05) is 0 Å². The molecule has 2 aromatic rings. The fraction of sp³-hybridized carbons (Fsp3) is 0.533. The van der Waals surface area contributed by atoms with Crippen molar-refractivity contribution in [1.82, 2.24) is 8.87 Å². The van der Waals surface area contributed by atoms with Gasteiger partial charge >= 0.3 is 5.76 Å². The number of fused-ring (bicyclic) bond motifs is 1. The number of aromatic nitrogens is 1. The smallest absolute Gasteiger partial charge is 0.408 e. The molecule has 1 saturated heterocycles. The standard InChI is InChI=1S/C15H18N2O6S2/c1-16-13-5-4-12(8-14(13)23-15(16)18)25(21,22)17(10-2-3-10)11-6-7-24(19,20)9-11/h4-5,8,10-11H,2-3,6-7,9H2,1H3/t11-/m0/s1. The number of rotatable bonds is 4. The van der Waals surface area contributed by atoms with Crippen LogP contribution >= 0.6 is 0 Å². The van der Waals surface area contributed by atoms with Gasteiger partial charge < -0.3 is 4.42 Å². The Morgan fingerprint density at radius 2 is 1.92 bits per heavy atom. The van der Waals surface area contributed by atoms with Crippen molar-refractivity contribution in [2.45, 2.75) is 36.2 Å². The zero-order valence-corrected chi connectivity index (χ0v) is 15.2. The highest BCUT2D eigenvalue weighted by atomic mass is 32.2. The first-order valence-corrected chi connectivity index (χ1v) is 11.3. The predicted molar refractivity (Wildman–Crippen MR) is 90.6 cm³/mol. The molecule has 1 atom stereocenters. The van der Waals surface area contributed by atoms with E-state index in [0.29, 0.717) is 11.9 Å². The molecule has 4 rings (SSSR count). The van der Waals surface area contributed by atoms with Gasteiger partial charge in [-0.05, 0) is 31.4 Å². The second-order valence-corrected chi connectivity index (χ2v) is 10.8. The van der Waals surface area contributed by atoms with Crippen LogP contribution in [0.25, 0.3) is 11.1 Å². The molecule has 0 spiro atoms. The van der Waals surface area contributed by atoms with Crippen LogP contribution in [-0.2, 0) is 26.9 Å². The van der Waals surface area contributed by atoms with Gasteiger partial charge in [-0.1, -0.05) is 0 Å². The van der Waals surface area contributed by atoms with E-state index in [2.05, 4.69) is 0 Å². The molecule has 1 saturated carbocycles. The molecule has 0 bridgehead atoms. The van der Waals surface area contributed by atoms with Crippen molar-refractivity contribution in [3.63, 3.8) is 0 Å². The predicted octanol–water partition coefficient (Wildman–Crippen LogP) is 0.472. The summed E-state index contributed by atoms with van der Waals surface area (Å²) >= 11 is 0. The molecule has 0 radical (unpaired) electrons. The zero-order chi connectivity index (χ0) is 18.0. The Bertz CT molecular complexity index is 1110. The molecular weight excluding hydrogens is 368 g/mol. The molecule has 2 fully saturated rings. The number of oxazole rings is 1. The van der Waals surface area contributed by atoms with Gasteiger partial charge in [0, 0.05) is 25.2 Å². The van der Waals surface area contributed by atoms with Crippen molar-refractivity contribution in [3.8, 4) is 0 Å². The minimum absolute atomic E-state index is 0.0169. The van der Waals surface area contributed by atoms with Gasteiger partial charge in [0.25, 0.3) is 0 Å². The van der Waals surface area contributed by atoms with E-state index in [4.69, 9.17) is 4.42 Å². The minimum atomic E-state index is -3.87. The Balaban J connectivity index is 1.78. The summed E-state index contributed by atoms with van der Waals surface area (Å²) in [5.74, 6) is -0.681. The Hall–Kier alpha value is -1.65. The van der Waals surface area contributed by atoms with Gasteiger partial charge in [0.1, 0.15) is 0 Å². The molecule has 1 aromatic heterocycles. The van der Waals surface area contributed by atoms with Gasteiger partial charge in [-0.15, -0.1) is 0 Å². The van der Waals surface area contributed by atoms with Crippen molar-refractivity contribution in [2.24, 2.45) is 7.05 Å². The lowest BCUT2D eigenvalue weighted by molar-refractivity contribution is 0.332. The molecule has 136 valence electrons. The molecule has 0 N–H and O–H groups in total. The van der Waals surface area contributed by atoms with E-state index in [1.54, 1.807) is 7.05 Å². The normalized spacial score (nSPS) is 23.5. The SMILES string of the molecule is Cn1c(=O)oc2cc(S(=O)(=O)N(C3CC3)[C@H]3CCS(=O)(=O)C3)ccc21. The number of sulfone groups is 1. The van der Waals surface area contributed by atoms with Crippen molar-refractivity contribution in [1.29, 1.82) is 0 Å². The van der Waals surface area contributed by atoms with Gasteiger partial charge in [-0.3, -0.25) is 4.57 Å². The first-order valence-electron chi connectivity index (χ1n) is 8.02. The van der Waals surface area contributed by atoms with Crippen molar-refractivity contribution in [3.05, 3.63) is 28.7 Å². The van der Waals surface area contributed by atoms with Crippen LogP contribution in [0.5, 0.6) is 0 Å². The Labute approximate surface area is 145 Å².